The second-order valence-corrected chi connectivity index (χ2v) is 6.29. The number of hydrogen-bond donors (Lipinski definition) is 1. The molecule has 7 heteroatoms. The first-order valence-corrected chi connectivity index (χ1v) is 8.14. The minimum absolute atomic E-state index is 0.400. The number of hydrogen-bond acceptors (Lipinski definition) is 5. The molecule has 0 spiro atoms. The summed E-state index contributed by atoms with van der Waals surface area (Å²) in [6.45, 7) is 0.415. The fourth-order valence-corrected chi connectivity index (χ4v) is 3.35. The summed E-state index contributed by atoms with van der Waals surface area (Å²) in [5.74, 6) is -0.934. The molecule has 0 bridgehead atoms. The zero-order valence-corrected chi connectivity index (χ0v) is 13.8. The second-order valence-electron chi connectivity index (χ2n) is 5.43. The van der Waals surface area contributed by atoms with Crippen LogP contribution in [-0.4, -0.2) is 22.8 Å². The normalized spacial score (nSPS) is 12.5. The van der Waals surface area contributed by atoms with Crippen molar-refractivity contribution in [3.8, 4) is 10.6 Å². The zero-order valence-electron chi connectivity index (χ0n) is 13.0. The van der Waals surface area contributed by atoms with Crippen molar-refractivity contribution in [2.75, 3.05) is 7.05 Å². The Kier molecular flexibility index (Phi) is 4.73. The molecule has 2 N–H and O–H groups in total. The fraction of sp³-hybridized carbons (Fsp3) is 0.176. The van der Waals surface area contributed by atoms with Gasteiger partial charge in [-0.2, -0.15) is 0 Å². The molecular formula is C17H16FN3O2S. The van der Waals surface area contributed by atoms with Crippen molar-refractivity contribution in [1.82, 2.24) is 9.88 Å². The van der Waals surface area contributed by atoms with Crippen LogP contribution in [0.4, 0.5) is 4.39 Å². The van der Waals surface area contributed by atoms with Gasteiger partial charge in [0, 0.05) is 17.5 Å². The van der Waals surface area contributed by atoms with E-state index in [1.807, 2.05) is 11.4 Å². The third-order valence-corrected chi connectivity index (χ3v) is 4.55. The standard InChI is InChI=1S/C17H16FN3O2S/c1-21(15(16(19)22)11-3-2-4-13(18)7-11)8-14-10-24-17(20-14)12-5-6-23-9-12/h2-7,9-10,15H,8H2,1H3,(H2,19,22)/t15-/m1/s1. The number of furan rings is 1. The lowest BCUT2D eigenvalue weighted by Crippen LogP contribution is -2.35. The maximum Gasteiger partial charge on any atom is 0.239 e. The second kappa shape index (κ2) is 6.94. The number of halogens is 1. The van der Waals surface area contributed by atoms with Crippen molar-refractivity contribution < 1.29 is 13.6 Å². The van der Waals surface area contributed by atoms with Crippen molar-refractivity contribution >= 4 is 17.2 Å². The Bertz CT molecular complexity index is 832. The minimum Gasteiger partial charge on any atom is -0.472 e. The molecule has 0 aliphatic heterocycles. The van der Waals surface area contributed by atoms with Gasteiger partial charge >= 0.3 is 0 Å². The molecule has 0 radical (unpaired) electrons. The summed E-state index contributed by atoms with van der Waals surface area (Å²) in [4.78, 5) is 18.2. The predicted molar refractivity (Wildman–Crippen MR) is 89.6 cm³/mol. The van der Waals surface area contributed by atoms with Crippen LogP contribution in [-0.2, 0) is 11.3 Å². The van der Waals surface area contributed by atoms with Crippen LogP contribution in [0.2, 0.25) is 0 Å². The van der Waals surface area contributed by atoms with E-state index in [1.54, 1.807) is 36.6 Å². The number of primary amides is 1. The van der Waals surface area contributed by atoms with Crippen LogP contribution in [0.3, 0.4) is 0 Å². The molecule has 24 heavy (non-hydrogen) atoms. The number of carbonyl (C=O) groups excluding carboxylic acids is 1. The minimum atomic E-state index is -0.722. The number of rotatable bonds is 6. The summed E-state index contributed by atoms with van der Waals surface area (Å²) < 4.78 is 18.5. The van der Waals surface area contributed by atoms with Crippen molar-refractivity contribution in [2.45, 2.75) is 12.6 Å². The molecule has 0 aliphatic rings. The molecule has 0 fully saturated rings. The molecule has 1 amide bonds. The van der Waals surface area contributed by atoms with Crippen LogP contribution in [0.1, 0.15) is 17.3 Å². The molecule has 1 aromatic carbocycles. The predicted octanol–water partition coefficient (Wildman–Crippen LogP) is 3.20. The largest absolute Gasteiger partial charge is 0.472 e. The Morgan fingerprint density at radius 3 is 2.96 bits per heavy atom. The number of amides is 1. The smallest absolute Gasteiger partial charge is 0.239 e. The van der Waals surface area contributed by atoms with Crippen LogP contribution >= 0.6 is 11.3 Å². The van der Waals surface area contributed by atoms with Gasteiger partial charge in [-0.15, -0.1) is 11.3 Å². The lowest BCUT2D eigenvalue weighted by molar-refractivity contribution is -0.123. The van der Waals surface area contributed by atoms with E-state index in [-0.39, 0.29) is 0 Å². The van der Waals surface area contributed by atoms with Crippen LogP contribution < -0.4 is 5.73 Å². The lowest BCUT2D eigenvalue weighted by Gasteiger charge is -2.25. The Hall–Kier alpha value is -2.51. The molecule has 5 nitrogen and oxygen atoms in total. The summed E-state index contributed by atoms with van der Waals surface area (Å²) >= 11 is 1.49. The highest BCUT2D eigenvalue weighted by Gasteiger charge is 2.24. The summed E-state index contributed by atoms with van der Waals surface area (Å²) in [6.07, 6.45) is 3.22. The first-order chi connectivity index (χ1) is 11.5. The van der Waals surface area contributed by atoms with Gasteiger partial charge in [0.15, 0.2) is 0 Å². The Labute approximate surface area is 142 Å². The van der Waals surface area contributed by atoms with Gasteiger partial charge in [-0.05, 0) is 30.8 Å². The topological polar surface area (TPSA) is 72.4 Å². The van der Waals surface area contributed by atoms with Gasteiger partial charge in [0.05, 0.1) is 12.0 Å². The number of aromatic nitrogens is 1. The number of nitrogens with zero attached hydrogens (tertiary/aromatic N) is 2. The van der Waals surface area contributed by atoms with Gasteiger partial charge in [0.1, 0.15) is 23.1 Å². The van der Waals surface area contributed by atoms with E-state index < -0.39 is 17.8 Å². The molecule has 0 saturated carbocycles. The highest BCUT2D eigenvalue weighted by atomic mass is 32.1. The number of thiazole rings is 1. The van der Waals surface area contributed by atoms with Crippen molar-refractivity contribution in [3.05, 3.63) is 65.3 Å². The fourth-order valence-electron chi connectivity index (χ4n) is 2.56. The maximum atomic E-state index is 13.5. The number of benzene rings is 1. The molecule has 2 aromatic heterocycles. The van der Waals surface area contributed by atoms with Gasteiger partial charge in [-0.25, -0.2) is 9.37 Å². The molecule has 0 unspecified atom stereocenters. The molecule has 1 atom stereocenters. The molecule has 3 rings (SSSR count). The summed E-state index contributed by atoms with van der Waals surface area (Å²) in [7, 11) is 1.76. The summed E-state index contributed by atoms with van der Waals surface area (Å²) in [5, 5.41) is 2.76. The Morgan fingerprint density at radius 2 is 2.29 bits per heavy atom. The molecule has 0 aliphatic carbocycles. The van der Waals surface area contributed by atoms with Gasteiger partial charge in [0.25, 0.3) is 0 Å². The van der Waals surface area contributed by atoms with Crippen LogP contribution in [0, 0.1) is 5.82 Å². The molecule has 124 valence electrons. The van der Waals surface area contributed by atoms with Gasteiger partial charge < -0.3 is 10.2 Å². The molecule has 3 aromatic rings. The first kappa shape index (κ1) is 16.4. The van der Waals surface area contributed by atoms with E-state index in [4.69, 9.17) is 10.2 Å². The van der Waals surface area contributed by atoms with Gasteiger partial charge in [0.2, 0.25) is 5.91 Å². The summed E-state index contributed by atoms with van der Waals surface area (Å²) in [6, 6.07) is 7.02. The van der Waals surface area contributed by atoms with Crippen molar-refractivity contribution in [3.63, 3.8) is 0 Å². The van der Waals surface area contributed by atoms with Crippen LogP contribution in [0.15, 0.2) is 52.7 Å². The highest BCUT2D eigenvalue weighted by Crippen LogP contribution is 2.26. The van der Waals surface area contributed by atoms with E-state index >= 15 is 0 Å². The van der Waals surface area contributed by atoms with E-state index in [0.717, 1.165) is 16.3 Å². The maximum absolute atomic E-state index is 13.5. The quantitative estimate of drug-likeness (QED) is 0.745. The Balaban J connectivity index is 1.79. The first-order valence-electron chi connectivity index (χ1n) is 7.26. The van der Waals surface area contributed by atoms with Crippen LogP contribution in [0.5, 0.6) is 0 Å². The zero-order chi connectivity index (χ0) is 17.1. The SMILES string of the molecule is CN(Cc1csc(-c2ccoc2)n1)[C@@H](C(N)=O)c1cccc(F)c1. The van der Waals surface area contributed by atoms with E-state index in [2.05, 4.69) is 4.98 Å². The number of likely N-dealkylation sites (N-methyl/N-ethyl adjacent to an activating group) is 1. The third kappa shape index (κ3) is 3.52. The van der Waals surface area contributed by atoms with Crippen molar-refractivity contribution in [1.29, 1.82) is 0 Å². The number of carbonyl (C=O) groups is 1. The molecule has 0 saturated heterocycles. The number of nitrogens with two attached hydrogens (primary N) is 1. The molecule has 2 heterocycles. The van der Waals surface area contributed by atoms with E-state index in [1.165, 1.54) is 23.5 Å². The summed E-state index contributed by atoms with van der Waals surface area (Å²) in [5.41, 5.74) is 7.76. The van der Waals surface area contributed by atoms with Crippen molar-refractivity contribution in [2.24, 2.45) is 5.73 Å². The Morgan fingerprint density at radius 1 is 1.46 bits per heavy atom. The average molecular weight is 345 g/mol. The lowest BCUT2D eigenvalue weighted by atomic mass is 10.0. The highest BCUT2D eigenvalue weighted by molar-refractivity contribution is 7.13. The van der Waals surface area contributed by atoms with Gasteiger partial charge in [-0.1, -0.05) is 12.1 Å². The average Bonchev–Trinajstić information content (AvgIpc) is 3.17. The monoisotopic (exact) mass is 345 g/mol. The van der Waals surface area contributed by atoms with E-state index in [9.17, 15) is 9.18 Å². The van der Waals surface area contributed by atoms with Crippen LogP contribution in [0.25, 0.3) is 10.6 Å². The molecular weight excluding hydrogens is 329 g/mol. The van der Waals surface area contributed by atoms with E-state index in [0.29, 0.717) is 12.1 Å². The third-order valence-electron chi connectivity index (χ3n) is 3.61. The van der Waals surface area contributed by atoms with Gasteiger partial charge in [-0.3, -0.25) is 9.69 Å².